The first-order chi connectivity index (χ1) is 6.97. The summed E-state index contributed by atoms with van der Waals surface area (Å²) in [5.41, 5.74) is -0.452. The molecule has 0 saturated heterocycles. The minimum absolute atomic E-state index is 0.135. The third-order valence-corrected chi connectivity index (χ3v) is 2.73. The van der Waals surface area contributed by atoms with Crippen LogP contribution in [-0.2, 0) is 5.88 Å². The maximum atomic E-state index is 12.4. The molecule has 0 aliphatic rings. The average molecular weight is 348 g/mol. The van der Waals surface area contributed by atoms with Crippen molar-refractivity contribution in [1.82, 2.24) is 4.98 Å². The third kappa shape index (κ3) is 2.71. The maximum Gasteiger partial charge on any atom is 0.368 e. The second-order valence-corrected chi connectivity index (χ2v) is 3.96. The van der Waals surface area contributed by atoms with Crippen LogP contribution in [0.2, 0.25) is 0 Å². The van der Waals surface area contributed by atoms with Crippen LogP contribution in [-0.4, -0.2) is 9.91 Å². The van der Waals surface area contributed by atoms with Gasteiger partial charge in [-0.3, -0.25) is 0 Å². The van der Waals surface area contributed by atoms with Crippen molar-refractivity contribution in [3.05, 3.63) is 31.0 Å². The van der Waals surface area contributed by atoms with E-state index in [1.165, 1.54) is 6.07 Å². The summed E-state index contributed by atoms with van der Waals surface area (Å²) >= 11 is 7.09. The Morgan fingerprint density at radius 3 is 2.67 bits per heavy atom. The van der Waals surface area contributed by atoms with Crippen molar-refractivity contribution >= 4 is 40.0 Å². The number of alkyl halides is 3. The lowest BCUT2D eigenvalue weighted by Crippen LogP contribution is -2.03. The largest absolute Gasteiger partial charge is 0.368 e. The van der Waals surface area contributed by atoms with E-state index in [4.69, 9.17) is 11.6 Å². The SMILES string of the molecule is O=[N+]([O-])c1nc(C(F)F)c(I)cc1CCl. The molecule has 0 unspecified atom stereocenters. The van der Waals surface area contributed by atoms with Crippen LogP contribution in [0.25, 0.3) is 0 Å². The summed E-state index contributed by atoms with van der Waals surface area (Å²) in [4.78, 5) is 13.0. The van der Waals surface area contributed by atoms with E-state index in [9.17, 15) is 18.9 Å². The molecule has 0 amide bonds. The van der Waals surface area contributed by atoms with Crippen molar-refractivity contribution in [2.75, 3.05) is 0 Å². The number of halogens is 4. The summed E-state index contributed by atoms with van der Waals surface area (Å²) in [7, 11) is 0. The molecule has 82 valence electrons. The fourth-order valence-electron chi connectivity index (χ4n) is 0.940. The first-order valence-electron chi connectivity index (χ1n) is 3.65. The van der Waals surface area contributed by atoms with Crippen LogP contribution in [0, 0.1) is 13.7 Å². The van der Waals surface area contributed by atoms with Gasteiger partial charge in [-0.2, -0.15) is 0 Å². The first kappa shape index (κ1) is 12.5. The lowest BCUT2D eigenvalue weighted by Gasteiger charge is -2.02. The summed E-state index contributed by atoms with van der Waals surface area (Å²) in [6, 6.07) is 1.25. The van der Waals surface area contributed by atoms with Gasteiger partial charge in [0.2, 0.25) is 5.69 Å². The Balaban J connectivity index is 3.37. The summed E-state index contributed by atoms with van der Waals surface area (Å²) in [5, 5.41) is 10.5. The lowest BCUT2D eigenvalue weighted by atomic mass is 10.2. The van der Waals surface area contributed by atoms with E-state index in [0.717, 1.165) is 0 Å². The number of nitro groups is 1. The number of hydrogen-bond donors (Lipinski definition) is 0. The van der Waals surface area contributed by atoms with E-state index in [2.05, 4.69) is 4.98 Å². The molecular weight excluding hydrogens is 344 g/mol. The van der Waals surface area contributed by atoms with E-state index in [-0.39, 0.29) is 15.0 Å². The predicted octanol–water partition coefficient (Wildman–Crippen LogP) is 3.27. The Morgan fingerprint density at radius 2 is 2.27 bits per heavy atom. The van der Waals surface area contributed by atoms with E-state index in [0.29, 0.717) is 0 Å². The molecular formula is C7H4ClF2IN2O2. The Bertz CT molecular complexity index is 403. The molecule has 0 aliphatic heterocycles. The van der Waals surface area contributed by atoms with Gasteiger partial charge in [0.05, 0.1) is 15.0 Å². The van der Waals surface area contributed by atoms with Crippen LogP contribution in [0.5, 0.6) is 0 Å². The van der Waals surface area contributed by atoms with E-state index >= 15 is 0 Å². The molecule has 8 heteroatoms. The topological polar surface area (TPSA) is 56.0 Å². The Hall–Kier alpha value is -0.570. The molecule has 0 N–H and O–H groups in total. The van der Waals surface area contributed by atoms with Crippen molar-refractivity contribution in [3.63, 3.8) is 0 Å². The minimum Gasteiger partial charge on any atom is -0.358 e. The zero-order valence-corrected chi connectivity index (χ0v) is 10.00. The van der Waals surface area contributed by atoms with Gasteiger partial charge in [-0.15, -0.1) is 11.6 Å². The molecule has 0 saturated carbocycles. The van der Waals surface area contributed by atoms with Crippen molar-refractivity contribution in [3.8, 4) is 0 Å². The van der Waals surface area contributed by atoms with Gasteiger partial charge < -0.3 is 10.1 Å². The molecule has 1 heterocycles. The lowest BCUT2D eigenvalue weighted by molar-refractivity contribution is -0.390. The molecule has 0 aliphatic carbocycles. The van der Waals surface area contributed by atoms with Crippen molar-refractivity contribution < 1.29 is 13.7 Å². The molecule has 1 aromatic heterocycles. The van der Waals surface area contributed by atoms with Gasteiger partial charge >= 0.3 is 12.2 Å². The normalized spacial score (nSPS) is 10.7. The monoisotopic (exact) mass is 348 g/mol. The summed E-state index contributed by atoms with van der Waals surface area (Å²) in [6.45, 7) is 0. The molecule has 4 nitrogen and oxygen atoms in total. The summed E-state index contributed by atoms with van der Waals surface area (Å²) < 4.78 is 24.9. The number of rotatable bonds is 3. The zero-order valence-electron chi connectivity index (χ0n) is 7.08. The molecule has 0 bridgehead atoms. The van der Waals surface area contributed by atoms with Crippen LogP contribution >= 0.6 is 34.2 Å². The highest BCUT2D eigenvalue weighted by Gasteiger charge is 2.25. The molecule has 1 rings (SSSR count). The van der Waals surface area contributed by atoms with Gasteiger partial charge in [-0.25, -0.2) is 8.78 Å². The van der Waals surface area contributed by atoms with E-state index in [1.54, 1.807) is 22.6 Å². The van der Waals surface area contributed by atoms with E-state index < -0.39 is 22.9 Å². The predicted molar refractivity (Wildman–Crippen MR) is 58.1 cm³/mol. The average Bonchev–Trinajstić information content (AvgIpc) is 2.16. The van der Waals surface area contributed by atoms with Gasteiger partial charge in [-0.1, -0.05) is 0 Å². The Kier molecular flexibility index (Phi) is 4.14. The Labute approximate surface area is 102 Å². The van der Waals surface area contributed by atoms with Gasteiger partial charge in [0.25, 0.3) is 0 Å². The molecule has 0 aromatic carbocycles. The number of hydrogen-bond acceptors (Lipinski definition) is 3. The molecule has 0 spiro atoms. The smallest absolute Gasteiger partial charge is 0.358 e. The van der Waals surface area contributed by atoms with Crippen LogP contribution in [0.3, 0.4) is 0 Å². The fourth-order valence-corrected chi connectivity index (χ4v) is 1.87. The van der Waals surface area contributed by atoms with Gasteiger partial charge in [0.15, 0.2) is 0 Å². The van der Waals surface area contributed by atoms with Crippen molar-refractivity contribution in [2.45, 2.75) is 12.3 Å². The highest BCUT2D eigenvalue weighted by Crippen LogP contribution is 2.28. The minimum atomic E-state index is -2.83. The summed E-state index contributed by atoms with van der Waals surface area (Å²) in [5.74, 6) is -0.747. The van der Waals surface area contributed by atoms with Gasteiger partial charge in [0, 0.05) is 0 Å². The molecule has 1 aromatic rings. The van der Waals surface area contributed by atoms with Crippen LogP contribution in [0.4, 0.5) is 14.6 Å². The van der Waals surface area contributed by atoms with Crippen LogP contribution in [0.15, 0.2) is 6.07 Å². The molecule has 0 fully saturated rings. The van der Waals surface area contributed by atoms with E-state index in [1.807, 2.05) is 0 Å². The highest BCUT2D eigenvalue weighted by atomic mass is 127. The third-order valence-electron chi connectivity index (χ3n) is 1.58. The highest BCUT2D eigenvalue weighted by molar-refractivity contribution is 14.1. The van der Waals surface area contributed by atoms with Crippen molar-refractivity contribution in [1.29, 1.82) is 0 Å². The van der Waals surface area contributed by atoms with Crippen LogP contribution < -0.4 is 0 Å². The summed E-state index contributed by atoms with van der Waals surface area (Å²) in [6.07, 6.45) is -2.83. The standard InChI is InChI=1S/C7H4ClF2IN2O2/c8-2-3-1-4(11)5(6(9)10)12-7(3)13(14)15/h1,6H,2H2. The molecule has 0 radical (unpaired) electrons. The number of pyridine rings is 1. The first-order valence-corrected chi connectivity index (χ1v) is 5.26. The molecule has 15 heavy (non-hydrogen) atoms. The number of nitrogens with zero attached hydrogens (tertiary/aromatic N) is 2. The van der Waals surface area contributed by atoms with Crippen molar-refractivity contribution in [2.24, 2.45) is 0 Å². The van der Waals surface area contributed by atoms with Gasteiger partial charge in [-0.05, 0) is 38.6 Å². The quantitative estimate of drug-likeness (QED) is 0.365. The molecule has 0 atom stereocenters. The van der Waals surface area contributed by atoms with Gasteiger partial charge in [0.1, 0.15) is 0 Å². The fraction of sp³-hybridized carbons (Fsp3) is 0.286. The second kappa shape index (κ2) is 4.97. The Morgan fingerprint density at radius 1 is 1.67 bits per heavy atom. The number of aromatic nitrogens is 1. The maximum absolute atomic E-state index is 12.4. The zero-order chi connectivity index (χ0) is 11.6. The second-order valence-electron chi connectivity index (χ2n) is 2.53. The van der Waals surface area contributed by atoms with Crippen LogP contribution in [0.1, 0.15) is 17.7 Å².